The number of amides is 1. The van der Waals surface area contributed by atoms with E-state index in [1.807, 2.05) is 18.2 Å². The van der Waals surface area contributed by atoms with Crippen molar-refractivity contribution in [3.63, 3.8) is 0 Å². The van der Waals surface area contributed by atoms with Crippen LogP contribution in [0.3, 0.4) is 0 Å². The van der Waals surface area contributed by atoms with Crippen molar-refractivity contribution in [1.29, 1.82) is 0 Å². The molecule has 2 aromatic carbocycles. The van der Waals surface area contributed by atoms with Crippen LogP contribution in [0.25, 0.3) is 0 Å². The molecule has 2 rings (SSSR count). The average molecular weight is 333 g/mol. The summed E-state index contributed by atoms with van der Waals surface area (Å²) < 4.78 is 4.69. The van der Waals surface area contributed by atoms with Gasteiger partial charge in [0, 0.05) is 11.6 Å². The van der Waals surface area contributed by atoms with Crippen LogP contribution in [0, 0.1) is 0 Å². The lowest BCUT2D eigenvalue weighted by Gasteiger charge is -2.10. The van der Waals surface area contributed by atoms with Crippen molar-refractivity contribution in [3.05, 3.63) is 64.7 Å². The van der Waals surface area contributed by atoms with Gasteiger partial charge in [0.15, 0.2) is 0 Å². The highest BCUT2D eigenvalue weighted by Crippen LogP contribution is 2.16. The van der Waals surface area contributed by atoms with E-state index in [4.69, 9.17) is 16.3 Å². The molecular weight excluding hydrogens is 316 g/mol. The van der Waals surface area contributed by atoms with Crippen molar-refractivity contribution in [2.24, 2.45) is 0 Å². The summed E-state index contributed by atoms with van der Waals surface area (Å²) in [5.74, 6) is -0.752. The molecule has 0 saturated carbocycles. The van der Waals surface area contributed by atoms with Crippen LogP contribution in [0.15, 0.2) is 48.5 Å². The predicted molar refractivity (Wildman–Crippen MR) is 89.6 cm³/mol. The largest absolute Gasteiger partial charge is 0.465 e. The molecule has 0 aliphatic rings. The Morgan fingerprint density at radius 2 is 1.78 bits per heavy atom. The van der Waals surface area contributed by atoms with Crippen molar-refractivity contribution in [3.8, 4) is 0 Å². The quantitative estimate of drug-likeness (QED) is 0.798. The van der Waals surface area contributed by atoms with Crippen molar-refractivity contribution in [2.45, 2.75) is 6.54 Å². The second-order valence-electron chi connectivity index (χ2n) is 4.78. The van der Waals surface area contributed by atoms with Gasteiger partial charge in [0.05, 0.1) is 24.9 Å². The van der Waals surface area contributed by atoms with Crippen LogP contribution in [-0.4, -0.2) is 25.5 Å². The molecular formula is C17H17ClN2O3. The minimum atomic E-state index is -0.495. The third kappa shape index (κ3) is 4.81. The number of halogens is 1. The molecule has 0 bridgehead atoms. The first-order valence-electron chi connectivity index (χ1n) is 7.03. The second kappa shape index (κ2) is 8.31. The highest BCUT2D eigenvalue weighted by atomic mass is 35.5. The first-order chi connectivity index (χ1) is 11.1. The van der Waals surface area contributed by atoms with Crippen LogP contribution in [0.2, 0.25) is 5.02 Å². The van der Waals surface area contributed by atoms with E-state index < -0.39 is 5.97 Å². The molecule has 0 aromatic heterocycles. The van der Waals surface area contributed by atoms with E-state index in [0.29, 0.717) is 22.8 Å². The molecule has 0 radical (unpaired) electrons. The van der Waals surface area contributed by atoms with Gasteiger partial charge in [-0.05, 0) is 23.8 Å². The van der Waals surface area contributed by atoms with Gasteiger partial charge in [0.1, 0.15) is 0 Å². The van der Waals surface area contributed by atoms with Crippen molar-refractivity contribution in [2.75, 3.05) is 19.0 Å². The summed E-state index contributed by atoms with van der Waals surface area (Å²) in [6.07, 6.45) is 0. The van der Waals surface area contributed by atoms with E-state index in [2.05, 4.69) is 10.6 Å². The Labute approximate surface area is 139 Å². The molecule has 0 heterocycles. The van der Waals surface area contributed by atoms with Crippen LogP contribution in [0.5, 0.6) is 0 Å². The molecule has 0 fully saturated rings. The monoisotopic (exact) mass is 332 g/mol. The SMILES string of the molecule is COC(=O)c1ccccc1NC(=O)CNCc1ccccc1Cl. The predicted octanol–water partition coefficient (Wildman–Crippen LogP) is 2.85. The maximum Gasteiger partial charge on any atom is 0.339 e. The summed E-state index contributed by atoms with van der Waals surface area (Å²) in [6, 6.07) is 14.1. The van der Waals surface area contributed by atoms with E-state index >= 15 is 0 Å². The Morgan fingerprint density at radius 3 is 2.52 bits per heavy atom. The summed E-state index contributed by atoms with van der Waals surface area (Å²) in [4.78, 5) is 23.6. The number of rotatable bonds is 6. The van der Waals surface area contributed by atoms with Gasteiger partial charge < -0.3 is 15.4 Å². The highest BCUT2D eigenvalue weighted by molar-refractivity contribution is 6.31. The van der Waals surface area contributed by atoms with Gasteiger partial charge in [-0.1, -0.05) is 41.9 Å². The average Bonchev–Trinajstić information content (AvgIpc) is 2.56. The molecule has 0 spiro atoms. The van der Waals surface area contributed by atoms with Gasteiger partial charge >= 0.3 is 5.97 Å². The van der Waals surface area contributed by atoms with E-state index in [9.17, 15) is 9.59 Å². The number of carbonyl (C=O) groups is 2. The molecule has 0 atom stereocenters. The highest BCUT2D eigenvalue weighted by Gasteiger charge is 2.13. The van der Waals surface area contributed by atoms with E-state index in [0.717, 1.165) is 5.56 Å². The number of hydrogen-bond acceptors (Lipinski definition) is 4. The third-order valence-corrected chi connectivity index (χ3v) is 3.53. The lowest BCUT2D eigenvalue weighted by molar-refractivity contribution is -0.115. The smallest absolute Gasteiger partial charge is 0.339 e. The molecule has 23 heavy (non-hydrogen) atoms. The fourth-order valence-electron chi connectivity index (χ4n) is 2.03. The first kappa shape index (κ1) is 17.0. The molecule has 120 valence electrons. The fourth-order valence-corrected chi connectivity index (χ4v) is 2.23. The Balaban J connectivity index is 1.91. The van der Waals surface area contributed by atoms with Gasteiger partial charge in [-0.25, -0.2) is 4.79 Å². The second-order valence-corrected chi connectivity index (χ2v) is 5.19. The Bertz CT molecular complexity index is 704. The molecule has 0 aliphatic heterocycles. The zero-order valence-corrected chi connectivity index (χ0v) is 13.4. The number of para-hydroxylation sites is 1. The summed E-state index contributed by atoms with van der Waals surface area (Å²) in [7, 11) is 1.30. The lowest BCUT2D eigenvalue weighted by atomic mass is 10.2. The minimum absolute atomic E-state index is 0.0979. The van der Waals surface area contributed by atoms with Crippen LogP contribution in [-0.2, 0) is 16.1 Å². The van der Waals surface area contributed by atoms with E-state index in [1.165, 1.54) is 7.11 Å². The van der Waals surface area contributed by atoms with Crippen LogP contribution in [0.1, 0.15) is 15.9 Å². The molecule has 0 saturated heterocycles. The van der Waals surface area contributed by atoms with Crippen LogP contribution >= 0.6 is 11.6 Å². The van der Waals surface area contributed by atoms with Crippen molar-refractivity contribution >= 4 is 29.2 Å². The van der Waals surface area contributed by atoms with Crippen LogP contribution in [0.4, 0.5) is 5.69 Å². The molecule has 1 amide bonds. The molecule has 6 heteroatoms. The number of carbonyl (C=O) groups excluding carboxylic acids is 2. The number of benzene rings is 2. The van der Waals surface area contributed by atoms with Crippen LogP contribution < -0.4 is 10.6 Å². The van der Waals surface area contributed by atoms with E-state index in [1.54, 1.807) is 30.3 Å². The van der Waals surface area contributed by atoms with Gasteiger partial charge in [0.2, 0.25) is 5.91 Å². The summed E-state index contributed by atoms with van der Waals surface area (Å²) in [5, 5.41) is 6.35. The third-order valence-electron chi connectivity index (χ3n) is 3.17. The zero-order valence-electron chi connectivity index (χ0n) is 12.6. The number of methoxy groups -OCH3 is 1. The normalized spacial score (nSPS) is 10.2. The Kier molecular flexibility index (Phi) is 6.14. The molecule has 2 N–H and O–H groups in total. The molecule has 0 unspecified atom stereocenters. The maximum atomic E-state index is 12.0. The number of anilines is 1. The maximum absolute atomic E-state index is 12.0. The minimum Gasteiger partial charge on any atom is -0.465 e. The van der Waals surface area contributed by atoms with Gasteiger partial charge in [-0.2, -0.15) is 0 Å². The summed E-state index contributed by atoms with van der Waals surface area (Å²) in [6.45, 7) is 0.576. The summed E-state index contributed by atoms with van der Waals surface area (Å²) in [5.41, 5.74) is 1.65. The number of nitrogens with one attached hydrogen (secondary N) is 2. The number of hydrogen-bond donors (Lipinski definition) is 2. The zero-order chi connectivity index (χ0) is 16.7. The molecule has 0 aliphatic carbocycles. The number of esters is 1. The van der Waals surface area contributed by atoms with Crippen molar-refractivity contribution in [1.82, 2.24) is 5.32 Å². The van der Waals surface area contributed by atoms with E-state index in [-0.39, 0.29) is 12.5 Å². The fraction of sp³-hybridized carbons (Fsp3) is 0.176. The number of ether oxygens (including phenoxy) is 1. The molecule has 2 aromatic rings. The standard InChI is InChI=1S/C17H17ClN2O3/c1-23-17(22)13-7-3-5-9-15(13)20-16(21)11-19-10-12-6-2-4-8-14(12)18/h2-9,19H,10-11H2,1H3,(H,20,21). The summed E-state index contributed by atoms with van der Waals surface area (Å²) >= 11 is 6.05. The first-order valence-corrected chi connectivity index (χ1v) is 7.41. The van der Waals surface area contributed by atoms with Gasteiger partial charge in [-0.3, -0.25) is 4.79 Å². The Hall–Kier alpha value is -2.37. The van der Waals surface area contributed by atoms with Gasteiger partial charge in [0.25, 0.3) is 0 Å². The van der Waals surface area contributed by atoms with Gasteiger partial charge in [-0.15, -0.1) is 0 Å². The Morgan fingerprint density at radius 1 is 1.09 bits per heavy atom. The topological polar surface area (TPSA) is 67.4 Å². The van der Waals surface area contributed by atoms with Crippen molar-refractivity contribution < 1.29 is 14.3 Å². The lowest BCUT2D eigenvalue weighted by Crippen LogP contribution is -2.28. The molecule has 5 nitrogen and oxygen atoms in total.